The van der Waals surface area contributed by atoms with Crippen LogP contribution in [0.2, 0.25) is 0 Å². The standard InChI is InChI=1S/C29H34N4/c1-14(2)29-20(8)27-13-26-19(7)18(6)25(32-26)12-24-17(5)16(4)23(31-24)10-21-9-15(3)22(30-21)11-28(29)33-27/h9-14,30-33H,1-8H3. The summed E-state index contributed by atoms with van der Waals surface area (Å²) in [6, 6.07) is 2.23. The lowest BCUT2D eigenvalue weighted by molar-refractivity contribution is 0.857. The van der Waals surface area contributed by atoms with Crippen molar-refractivity contribution in [1.82, 2.24) is 19.9 Å². The van der Waals surface area contributed by atoms with Crippen LogP contribution < -0.4 is 21.4 Å². The minimum atomic E-state index is 0.427. The van der Waals surface area contributed by atoms with Crippen molar-refractivity contribution in [3.63, 3.8) is 0 Å². The van der Waals surface area contributed by atoms with Crippen molar-refractivity contribution in [2.75, 3.05) is 0 Å². The molecule has 4 nitrogen and oxygen atoms in total. The highest BCUT2D eigenvalue weighted by Gasteiger charge is 2.16. The highest BCUT2D eigenvalue weighted by atomic mass is 14.8. The zero-order chi connectivity index (χ0) is 23.6. The van der Waals surface area contributed by atoms with E-state index in [9.17, 15) is 0 Å². The molecule has 170 valence electrons. The Kier molecular flexibility index (Phi) is 4.93. The number of hydrogen-bond acceptors (Lipinski definition) is 0. The Morgan fingerprint density at radius 2 is 1.03 bits per heavy atom. The van der Waals surface area contributed by atoms with E-state index in [4.69, 9.17) is 0 Å². The Balaban J connectivity index is 1.94. The van der Waals surface area contributed by atoms with E-state index in [1.165, 1.54) is 44.6 Å². The van der Waals surface area contributed by atoms with Crippen LogP contribution >= 0.6 is 0 Å². The lowest BCUT2D eigenvalue weighted by Crippen LogP contribution is -2.12. The van der Waals surface area contributed by atoms with Gasteiger partial charge in [-0.05, 0) is 117 Å². The molecule has 0 fully saturated rings. The molecule has 4 aromatic heterocycles. The molecule has 8 bridgehead atoms. The van der Waals surface area contributed by atoms with Crippen LogP contribution in [0.4, 0.5) is 0 Å². The molecule has 0 amide bonds. The van der Waals surface area contributed by atoms with E-state index in [1.54, 1.807) is 0 Å². The van der Waals surface area contributed by atoms with Gasteiger partial charge in [0, 0.05) is 44.2 Å². The Bertz CT molecular complexity index is 1640. The lowest BCUT2D eigenvalue weighted by Gasteiger charge is -2.06. The van der Waals surface area contributed by atoms with E-state index in [2.05, 4.69) is 106 Å². The molecule has 0 spiro atoms. The van der Waals surface area contributed by atoms with Gasteiger partial charge in [-0.1, -0.05) is 13.8 Å². The summed E-state index contributed by atoms with van der Waals surface area (Å²) in [6.45, 7) is 17.7. The van der Waals surface area contributed by atoms with Gasteiger partial charge in [-0.15, -0.1) is 0 Å². The highest BCUT2D eigenvalue weighted by molar-refractivity contribution is 5.64. The van der Waals surface area contributed by atoms with Gasteiger partial charge in [0.15, 0.2) is 0 Å². The number of rotatable bonds is 1. The Hall–Kier alpha value is -3.40. The number of aryl methyl sites for hydroxylation is 1. The summed E-state index contributed by atoms with van der Waals surface area (Å²) in [5.74, 6) is 0.427. The van der Waals surface area contributed by atoms with Crippen LogP contribution in [0.3, 0.4) is 0 Å². The van der Waals surface area contributed by atoms with Crippen molar-refractivity contribution in [3.05, 3.63) is 89.2 Å². The molecule has 0 saturated carbocycles. The summed E-state index contributed by atoms with van der Waals surface area (Å²) in [7, 11) is 0. The SMILES string of the molecule is Cc1c2[nH]c(c1C)C=c1[nH]c(c(C)c1C)=Cc1[nH]c(c(C(C)C)c1C)C=c1[nH]c(cc1C)=C2. The molecular formula is C29H34N4. The largest absolute Gasteiger partial charge is 0.355 e. The van der Waals surface area contributed by atoms with Gasteiger partial charge in [-0.3, -0.25) is 0 Å². The molecule has 0 aliphatic carbocycles. The molecule has 0 atom stereocenters. The fraction of sp³-hybridized carbons (Fsp3) is 0.310. The van der Waals surface area contributed by atoms with Gasteiger partial charge in [-0.2, -0.15) is 0 Å². The summed E-state index contributed by atoms with van der Waals surface area (Å²) < 4.78 is 0. The van der Waals surface area contributed by atoms with Crippen molar-refractivity contribution >= 4 is 24.3 Å². The second-order valence-electron chi connectivity index (χ2n) is 9.95. The molecule has 1 aliphatic rings. The number of aromatic amines is 4. The number of H-pyrrole nitrogens is 4. The van der Waals surface area contributed by atoms with Crippen LogP contribution in [0.1, 0.15) is 81.5 Å². The number of hydrogen-bond donors (Lipinski definition) is 4. The molecule has 4 aromatic rings. The molecule has 0 radical (unpaired) electrons. The molecule has 1 aliphatic heterocycles. The van der Waals surface area contributed by atoms with Gasteiger partial charge in [-0.25, -0.2) is 0 Å². The van der Waals surface area contributed by atoms with Crippen molar-refractivity contribution < 1.29 is 0 Å². The van der Waals surface area contributed by atoms with E-state index in [-0.39, 0.29) is 0 Å². The lowest BCUT2D eigenvalue weighted by atomic mass is 9.98. The van der Waals surface area contributed by atoms with E-state index < -0.39 is 0 Å². The van der Waals surface area contributed by atoms with Crippen molar-refractivity contribution in [2.24, 2.45) is 0 Å². The fourth-order valence-corrected chi connectivity index (χ4v) is 5.12. The molecule has 5 rings (SSSR count). The van der Waals surface area contributed by atoms with Crippen LogP contribution in [0.25, 0.3) is 24.3 Å². The second kappa shape index (κ2) is 7.58. The molecule has 4 N–H and O–H groups in total. The fourth-order valence-electron chi connectivity index (χ4n) is 5.12. The predicted molar refractivity (Wildman–Crippen MR) is 138 cm³/mol. The maximum atomic E-state index is 3.73. The Labute approximate surface area is 194 Å². The van der Waals surface area contributed by atoms with Crippen LogP contribution in [-0.2, 0) is 0 Å². The first-order chi connectivity index (χ1) is 15.6. The molecule has 4 heteroatoms. The quantitative estimate of drug-likeness (QED) is 0.309. The van der Waals surface area contributed by atoms with Gasteiger partial charge in [0.2, 0.25) is 0 Å². The zero-order valence-corrected chi connectivity index (χ0v) is 21.0. The number of fused-ring (bicyclic) bond motifs is 8. The first kappa shape index (κ1) is 21.4. The number of aromatic nitrogens is 4. The topological polar surface area (TPSA) is 63.2 Å². The monoisotopic (exact) mass is 438 g/mol. The zero-order valence-electron chi connectivity index (χ0n) is 21.0. The van der Waals surface area contributed by atoms with Crippen molar-refractivity contribution in [3.8, 4) is 0 Å². The highest BCUT2D eigenvalue weighted by Crippen LogP contribution is 2.27. The Morgan fingerprint density at radius 1 is 0.515 bits per heavy atom. The maximum Gasteiger partial charge on any atom is 0.0443 e. The summed E-state index contributed by atoms with van der Waals surface area (Å²) in [6.07, 6.45) is 9.00. The van der Waals surface area contributed by atoms with Crippen molar-refractivity contribution in [1.29, 1.82) is 0 Å². The summed E-state index contributed by atoms with van der Waals surface area (Å²) in [5.41, 5.74) is 13.7. The van der Waals surface area contributed by atoms with E-state index in [0.717, 1.165) is 38.5 Å². The molecule has 0 saturated heterocycles. The first-order valence-corrected chi connectivity index (χ1v) is 11.8. The molecule has 33 heavy (non-hydrogen) atoms. The van der Waals surface area contributed by atoms with Crippen LogP contribution in [-0.4, -0.2) is 19.9 Å². The average Bonchev–Trinajstić information content (AvgIpc) is 3.41. The van der Waals surface area contributed by atoms with Gasteiger partial charge >= 0.3 is 0 Å². The summed E-state index contributed by atoms with van der Waals surface area (Å²) in [4.78, 5) is 14.7. The summed E-state index contributed by atoms with van der Waals surface area (Å²) in [5, 5.41) is 4.56. The smallest absolute Gasteiger partial charge is 0.0443 e. The average molecular weight is 439 g/mol. The third kappa shape index (κ3) is 3.45. The van der Waals surface area contributed by atoms with Crippen LogP contribution in [0.5, 0.6) is 0 Å². The van der Waals surface area contributed by atoms with Gasteiger partial charge in [0.05, 0.1) is 0 Å². The third-order valence-electron chi connectivity index (χ3n) is 7.47. The van der Waals surface area contributed by atoms with E-state index >= 15 is 0 Å². The van der Waals surface area contributed by atoms with Gasteiger partial charge < -0.3 is 19.9 Å². The van der Waals surface area contributed by atoms with Crippen LogP contribution in [0, 0.1) is 41.5 Å². The van der Waals surface area contributed by atoms with Gasteiger partial charge in [0.25, 0.3) is 0 Å². The third-order valence-corrected chi connectivity index (χ3v) is 7.47. The molecular weight excluding hydrogens is 404 g/mol. The normalized spacial score (nSPS) is 12.9. The van der Waals surface area contributed by atoms with Crippen LogP contribution in [0.15, 0.2) is 6.07 Å². The van der Waals surface area contributed by atoms with E-state index in [1.807, 2.05) is 0 Å². The minimum absolute atomic E-state index is 0.427. The minimum Gasteiger partial charge on any atom is -0.355 e. The predicted octanol–water partition coefficient (Wildman–Crippen LogP) is 3.60. The first-order valence-electron chi connectivity index (χ1n) is 11.8. The molecule has 5 heterocycles. The number of nitrogens with one attached hydrogen (secondary N) is 4. The summed E-state index contributed by atoms with van der Waals surface area (Å²) >= 11 is 0. The second-order valence-corrected chi connectivity index (χ2v) is 9.95. The molecule has 0 unspecified atom stereocenters. The van der Waals surface area contributed by atoms with E-state index in [0.29, 0.717) is 5.92 Å². The van der Waals surface area contributed by atoms with Gasteiger partial charge in [0.1, 0.15) is 0 Å². The maximum absolute atomic E-state index is 3.73. The molecule has 0 aromatic carbocycles. The van der Waals surface area contributed by atoms with Crippen molar-refractivity contribution in [2.45, 2.75) is 61.3 Å². The Morgan fingerprint density at radius 3 is 1.64 bits per heavy atom.